The van der Waals surface area contributed by atoms with Gasteiger partial charge in [0.15, 0.2) is 4.34 Å². The number of anilines is 1. The third-order valence-corrected chi connectivity index (χ3v) is 8.65. The smallest absolute Gasteiger partial charge is 0.269 e. The number of thioether (sulfide) groups is 1. The number of nitrogens with zero attached hydrogens (tertiary/aromatic N) is 2. The lowest BCUT2D eigenvalue weighted by Gasteiger charge is -2.04. The van der Waals surface area contributed by atoms with Crippen LogP contribution in [-0.2, 0) is 5.75 Å². The Labute approximate surface area is 200 Å². The molecule has 0 fully saturated rings. The molecule has 0 bridgehead atoms. The van der Waals surface area contributed by atoms with Crippen LogP contribution in [0, 0.1) is 0 Å². The number of benzene rings is 3. The summed E-state index contributed by atoms with van der Waals surface area (Å²) in [5, 5.41) is 15.6. The number of hydrogen-bond acceptors (Lipinski definition) is 6. The monoisotopic (exact) mass is 501 g/mol. The highest BCUT2D eigenvalue weighted by Crippen LogP contribution is 2.40. The molecule has 1 amide bonds. The van der Waals surface area contributed by atoms with Crippen molar-refractivity contribution < 1.29 is 4.79 Å². The van der Waals surface area contributed by atoms with Gasteiger partial charge in [-0.05, 0) is 28.5 Å². The van der Waals surface area contributed by atoms with Crippen LogP contribution in [0.4, 0.5) is 5.13 Å². The third-order valence-electron chi connectivity index (χ3n) is 4.67. The molecule has 31 heavy (non-hydrogen) atoms. The molecule has 0 atom stereocenters. The number of carbonyl (C=O) groups is 1. The van der Waals surface area contributed by atoms with Crippen molar-refractivity contribution >= 4 is 89.5 Å². The van der Waals surface area contributed by atoms with Gasteiger partial charge >= 0.3 is 0 Å². The SMILES string of the molecule is O=C(Nc1nnc(SCc2cccc3ccccc23)s1)c1sc2cccc(Cl)c2c1Cl. The fourth-order valence-electron chi connectivity index (χ4n) is 3.25. The molecule has 0 saturated carbocycles. The molecule has 3 aromatic carbocycles. The van der Waals surface area contributed by atoms with E-state index in [0.717, 1.165) is 14.8 Å². The van der Waals surface area contributed by atoms with E-state index in [1.54, 1.807) is 17.8 Å². The van der Waals surface area contributed by atoms with Crippen LogP contribution >= 0.6 is 57.6 Å². The highest BCUT2D eigenvalue weighted by Gasteiger charge is 2.20. The van der Waals surface area contributed by atoms with Crippen molar-refractivity contribution in [2.45, 2.75) is 10.1 Å². The molecule has 4 nitrogen and oxygen atoms in total. The van der Waals surface area contributed by atoms with E-state index in [1.807, 2.05) is 24.3 Å². The summed E-state index contributed by atoms with van der Waals surface area (Å²) in [6.07, 6.45) is 0. The number of hydrogen-bond donors (Lipinski definition) is 1. The lowest BCUT2D eigenvalue weighted by Crippen LogP contribution is -2.10. The van der Waals surface area contributed by atoms with E-state index in [4.69, 9.17) is 23.2 Å². The van der Waals surface area contributed by atoms with Crippen LogP contribution < -0.4 is 5.32 Å². The number of rotatable bonds is 5. The Kier molecular flexibility index (Phi) is 5.86. The lowest BCUT2D eigenvalue weighted by molar-refractivity contribution is 0.103. The van der Waals surface area contributed by atoms with Gasteiger partial charge in [-0.1, -0.05) is 94.8 Å². The molecule has 0 aliphatic carbocycles. The Bertz CT molecular complexity index is 1430. The van der Waals surface area contributed by atoms with Crippen LogP contribution in [0.15, 0.2) is 65.0 Å². The van der Waals surface area contributed by atoms with E-state index in [2.05, 4.69) is 45.8 Å². The summed E-state index contributed by atoms with van der Waals surface area (Å²) < 4.78 is 1.65. The van der Waals surface area contributed by atoms with Crippen molar-refractivity contribution in [3.8, 4) is 0 Å². The molecule has 5 aromatic rings. The average Bonchev–Trinajstić information content (AvgIpc) is 3.37. The summed E-state index contributed by atoms with van der Waals surface area (Å²) in [5.74, 6) is 0.453. The molecule has 154 valence electrons. The molecular weight excluding hydrogens is 489 g/mol. The molecule has 0 unspecified atom stereocenters. The minimum atomic E-state index is -0.316. The molecule has 2 heterocycles. The Morgan fingerprint density at radius 3 is 2.65 bits per heavy atom. The topological polar surface area (TPSA) is 54.9 Å². The van der Waals surface area contributed by atoms with Crippen molar-refractivity contribution in [2.24, 2.45) is 0 Å². The van der Waals surface area contributed by atoms with E-state index in [0.29, 0.717) is 25.4 Å². The average molecular weight is 502 g/mol. The molecule has 0 radical (unpaired) electrons. The van der Waals surface area contributed by atoms with Gasteiger partial charge < -0.3 is 0 Å². The van der Waals surface area contributed by atoms with E-state index >= 15 is 0 Å². The first-order chi connectivity index (χ1) is 15.1. The number of nitrogens with one attached hydrogen (secondary N) is 1. The molecule has 1 N–H and O–H groups in total. The van der Waals surface area contributed by atoms with Gasteiger partial charge in [0.1, 0.15) is 4.88 Å². The van der Waals surface area contributed by atoms with E-state index < -0.39 is 0 Å². The summed E-state index contributed by atoms with van der Waals surface area (Å²) in [7, 11) is 0. The van der Waals surface area contributed by atoms with Crippen molar-refractivity contribution in [2.75, 3.05) is 5.32 Å². The molecule has 9 heteroatoms. The van der Waals surface area contributed by atoms with Crippen molar-refractivity contribution in [3.05, 3.63) is 81.1 Å². The maximum Gasteiger partial charge on any atom is 0.269 e. The number of thiophene rings is 1. The van der Waals surface area contributed by atoms with Gasteiger partial charge in [0, 0.05) is 15.8 Å². The van der Waals surface area contributed by atoms with Crippen LogP contribution in [0.1, 0.15) is 15.2 Å². The molecule has 0 aliphatic heterocycles. The largest absolute Gasteiger partial charge is 0.296 e. The minimum absolute atomic E-state index is 0.316. The molecule has 5 rings (SSSR count). The van der Waals surface area contributed by atoms with Crippen LogP contribution in [0.5, 0.6) is 0 Å². The predicted molar refractivity (Wildman–Crippen MR) is 133 cm³/mol. The first-order valence-electron chi connectivity index (χ1n) is 9.21. The predicted octanol–water partition coefficient (Wildman–Crippen LogP) is 7.76. The molecule has 2 aromatic heterocycles. The highest BCUT2D eigenvalue weighted by atomic mass is 35.5. The van der Waals surface area contributed by atoms with Crippen LogP contribution in [0.3, 0.4) is 0 Å². The maximum absolute atomic E-state index is 12.8. The van der Waals surface area contributed by atoms with Crippen LogP contribution in [-0.4, -0.2) is 16.1 Å². The first kappa shape index (κ1) is 20.7. The zero-order chi connectivity index (χ0) is 21.4. The Hall–Kier alpha value is -2.16. The Morgan fingerprint density at radius 1 is 0.968 bits per heavy atom. The summed E-state index contributed by atoms with van der Waals surface area (Å²) >= 11 is 16.9. The van der Waals surface area contributed by atoms with Gasteiger partial charge in [0.25, 0.3) is 5.91 Å². The normalized spacial score (nSPS) is 11.3. The zero-order valence-corrected chi connectivity index (χ0v) is 19.7. The standard InChI is InChI=1S/C22H13Cl2N3OS3/c23-15-9-4-10-16-17(15)18(24)19(30-16)20(28)25-21-26-27-22(31-21)29-11-13-7-3-6-12-5-1-2-8-14(12)13/h1-10H,11H2,(H,25,26,28). The first-order valence-corrected chi connectivity index (χ1v) is 12.6. The van der Waals surface area contributed by atoms with Crippen molar-refractivity contribution in [3.63, 3.8) is 0 Å². The van der Waals surface area contributed by atoms with E-state index in [9.17, 15) is 4.79 Å². The fourth-order valence-corrected chi connectivity index (χ4v) is 6.85. The number of aromatic nitrogens is 2. The van der Waals surface area contributed by atoms with Crippen LogP contribution in [0.2, 0.25) is 10.0 Å². The second kappa shape index (κ2) is 8.76. The van der Waals surface area contributed by atoms with E-state index in [-0.39, 0.29) is 5.91 Å². The number of fused-ring (bicyclic) bond motifs is 2. The summed E-state index contributed by atoms with van der Waals surface area (Å²) in [6.45, 7) is 0. The highest BCUT2D eigenvalue weighted by molar-refractivity contribution is 8.00. The maximum atomic E-state index is 12.8. The van der Waals surface area contributed by atoms with E-state index in [1.165, 1.54) is 39.0 Å². The number of halogens is 2. The fraction of sp³-hybridized carbons (Fsp3) is 0.0455. The van der Waals surface area contributed by atoms with Gasteiger partial charge in [-0.2, -0.15) is 0 Å². The summed E-state index contributed by atoms with van der Waals surface area (Å²) in [5.41, 5.74) is 1.23. The molecule has 0 aliphatic rings. The summed E-state index contributed by atoms with van der Waals surface area (Å²) in [6, 6.07) is 20.1. The second-order valence-electron chi connectivity index (χ2n) is 6.61. The minimum Gasteiger partial charge on any atom is -0.296 e. The van der Waals surface area contributed by atoms with Gasteiger partial charge in [-0.15, -0.1) is 21.5 Å². The van der Waals surface area contributed by atoms with Gasteiger partial charge in [-0.25, -0.2) is 0 Å². The number of amides is 1. The lowest BCUT2D eigenvalue weighted by atomic mass is 10.1. The molecule has 0 spiro atoms. The van der Waals surface area contributed by atoms with Gasteiger partial charge in [0.05, 0.1) is 10.0 Å². The quantitative estimate of drug-likeness (QED) is 0.197. The summed E-state index contributed by atoms with van der Waals surface area (Å²) in [4.78, 5) is 13.2. The molecular formula is C22H13Cl2N3OS3. The molecule has 0 saturated heterocycles. The Morgan fingerprint density at radius 2 is 1.77 bits per heavy atom. The van der Waals surface area contributed by atoms with Gasteiger partial charge in [-0.3, -0.25) is 10.1 Å². The second-order valence-corrected chi connectivity index (χ2v) is 10.6. The number of carbonyl (C=O) groups excluding carboxylic acids is 1. The Balaban J connectivity index is 1.30. The van der Waals surface area contributed by atoms with Crippen LogP contribution in [0.25, 0.3) is 20.9 Å². The third kappa shape index (κ3) is 4.16. The van der Waals surface area contributed by atoms with Gasteiger partial charge in [0.2, 0.25) is 5.13 Å². The van der Waals surface area contributed by atoms with Crippen molar-refractivity contribution in [1.29, 1.82) is 0 Å². The van der Waals surface area contributed by atoms with Crippen molar-refractivity contribution in [1.82, 2.24) is 10.2 Å². The zero-order valence-electron chi connectivity index (χ0n) is 15.8.